The lowest BCUT2D eigenvalue weighted by Crippen LogP contribution is -2.57. The Kier molecular flexibility index (Phi) is 13.4. The van der Waals surface area contributed by atoms with Crippen molar-refractivity contribution in [2.24, 2.45) is 44.8 Å². The highest BCUT2D eigenvalue weighted by molar-refractivity contribution is 7.87. The van der Waals surface area contributed by atoms with Gasteiger partial charge in [-0.15, -0.1) is 6.58 Å². The van der Waals surface area contributed by atoms with Crippen LogP contribution in [0.5, 0.6) is 0 Å². The van der Waals surface area contributed by atoms with E-state index in [4.69, 9.17) is 0 Å². The van der Waals surface area contributed by atoms with Crippen molar-refractivity contribution >= 4 is 39.5 Å². The third kappa shape index (κ3) is 8.07. The molecule has 2 saturated heterocycles. The molecule has 4 saturated carbocycles. The van der Waals surface area contributed by atoms with E-state index in [1.807, 2.05) is 20.8 Å². The van der Waals surface area contributed by atoms with Crippen LogP contribution >= 0.6 is 0 Å². The highest BCUT2D eigenvalue weighted by Crippen LogP contribution is 2.88. The molecule has 12 nitrogen and oxygen atoms in total. The Hall–Kier alpha value is -2.64. The summed E-state index contributed by atoms with van der Waals surface area (Å²) in [5.41, 5.74) is -2.27. The predicted octanol–water partition coefficient (Wildman–Crippen LogP) is 6.59. The van der Waals surface area contributed by atoms with Crippen LogP contribution in [0.15, 0.2) is 12.7 Å². The second-order valence-corrected chi connectivity index (χ2v) is 23.2. The van der Waals surface area contributed by atoms with Gasteiger partial charge in [-0.25, -0.2) is 4.72 Å². The van der Waals surface area contributed by atoms with Gasteiger partial charge in [0.1, 0.15) is 0 Å². The molecule has 0 aromatic rings. The van der Waals surface area contributed by atoms with Gasteiger partial charge in [0.2, 0.25) is 17.7 Å². The minimum atomic E-state index is -4.12. The fourth-order valence-electron chi connectivity index (χ4n) is 12.9. The first-order valence-electron chi connectivity index (χ1n) is 23.4. The van der Waals surface area contributed by atoms with Gasteiger partial charge in [-0.2, -0.15) is 12.7 Å². The third-order valence-corrected chi connectivity index (χ3v) is 18.8. The van der Waals surface area contributed by atoms with E-state index in [-0.39, 0.29) is 89.5 Å². The van der Waals surface area contributed by atoms with Crippen molar-refractivity contribution in [1.29, 1.82) is 0 Å². The number of nitrogens with one attached hydrogen (secondary N) is 2. The summed E-state index contributed by atoms with van der Waals surface area (Å²) in [6, 6.07) is -1.59. The molecule has 0 bridgehead atoms. The van der Waals surface area contributed by atoms with Crippen molar-refractivity contribution in [3.8, 4) is 0 Å². The highest BCUT2D eigenvalue weighted by atomic mass is 32.2. The number of hydrogen-bond acceptors (Lipinski definition) is 8. The first-order chi connectivity index (χ1) is 28.1. The molecule has 7 atom stereocenters. The standard InChI is InChI=1S/C47H77N5O7S/c1-11-33-27-45(33,42(57)49-60(58,59)50(12-2)13-3)29-38(54)36-28-47(44(9,10)46(47)23-19-24-46)30-52(36)41(56)34(43(6,7)8)26-37(53)39(32-20-15-14-16-21-32)48-40(55)35-22-17-18-25-51(35)31(4)5/h11,31-36,39H,1,12-30H2,2-10H3,(H,48,55)(H,49,57)/t33-,34-,35-,36+,39+,45-,47-/m1/s1. The number of fused-ring (bicyclic) bond motifs is 1. The zero-order valence-electron chi connectivity index (χ0n) is 38.4. The predicted molar refractivity (Wildman–Crippen MR) is 234 cm³/mol. The van der Waals surface area contributed by atoms with Gasteiger partial charge >= 0.3 is 10.2 Å². The molecule has 0 aromatic carbocycles. The molecule has 2 heterocycles. The van der Waals surface area contributed by atoms with Crippen LogP contribution in [0, 0.1) is 44.8 Å². The molecule has 13 heteroatoms. The Balaban J connectivity index is 1.28. The Morgan fingerprint density at radius 2 is 1.52 bits per heavy atom. The van der Waals surface area contributed by atoms with E-state index in [1.54, 1.807) is 24.8 Å². The maximum absolute atomic E-state index is 15.4. The van der Waals surface area contributed by atoms with Crippen LogP contribution in [-0.2, 0) is 34.2 Å². The molecule has 6 aliphatic rings. The second kappa shape index (κ2) is 17.1. The van der Waals surface area contributed by atoms with E-state index in [0.717, 1.165) is 77.2 Å². The van der Waals surface area contributed by atoms with Gasteiger partial charge in [0, 0.05) is 49.9 Å². The molecule has 2 N–H and O–H groups in total. The van der Waals surface area contributed by atoms with E-state index < -0.39 is 44.9 Å². The summed E-state index contributed by atoms with van der Waals surface area (Å²) in [7, 11) is -4.12. The van der Waals surface area contributed by atoms with Crippen LogP contribution in [0.25, 0.3) is 0 Å². The second-order valence-electron chi connectivity index (χ2n) is 21.5. The van der Waals surface area contributed by atoms with E-state index in [0.29, 0.717) is 19.4 Å². The average Bonchev–Trinajstić information content (AvgIpc) is 3.90. The Morgan fingerprint density at radius 3 is 2.03 bits per heavy atom. The number of Topliss-reactive ketones (excluding diaryl/α,β-unsaturated/α-hetero) is 2. The topological polar surface area (TPSA) is 153 Å². The molecule has 0 unspecified atom stereocenters. The van der Waals surface area contributed by atoms with Crippen molar-refractivity contribution < 1.29 is 32.4 Å². The molecule has 0 radical (unpaired) electrons. The number of carbonyl (C=O) groups excluding carboxylic acids is 5. The number of carbonyl (C=O) groups is 5. The maximum Gasteiger partial charge on any atom is 0.303 e. The zero-order valence-corrected chi connectivity index (χ0v) is 39.2. The summed E-state index contributed by atoms with van der Waals surface area (Å²) in [5.74, 6) is -2.53. The van der Waals surface area contributed by atoms with Crippen LogP contribution in [-0.4, -0.2) is 102 Å². The summed E-state index contributed by atoms with van der Waals surface area (Å²) >= 11 is 0. The number of ketones is 2. The fourth-order valence-corrected chi connectivity index (χ4v) is 14.2. The molecule has 2 spiro atoms. The summed E-state index contributed by atoms with van der Waals surface area (Å²) < 4.78 is 29.8. The lowest BCUT2D eigenvalue weighted by atomic mass is 9.73. The van der Waals surface area contributed by atoms with E-state index in [9.17, 15) is 27.6 Å². The largest absolute Gasteiger partial charge is 0.345 e. The van der Waals surface area contributed by atoms with Crippen LogP contribution in [0.2, 0.25) is 0 Å². The zero-order chi connectivity index (χ0) is 44.2. The Morgan fingerprint density at radius 1 is 0.883 bits per heavy atom. The van der Waals surface area contributed by atoms with Crippen LogP contribution in [0.3, 0.4) is 0 Å². The summed E-state index contributed by atoms with van der Waals surface area (Å²) in [4.78, 5) is 77.2. The first-order valence-corrected chi connectivity index (χ1v) is 24.9. The smallest absolute Gasteiger partial charge is 0.303 e. The molecule has 338 valence electrons. The lowest BCUT2D eigenvalue weighted by Gasteiger charge is -2.40. The molecule has 3 amide bonds. The van der Waals surface area contributed by atoms with Crippen molar-refractivity contribution in [2.45, 2.75) is 183 Å². The molecular weight excluding hydrogens is 779 g/mol. The van der Waals surface area contributed by atoms with E-state index >= 15 is 4.79 Å². The number of rotatable bonds is 17. The number of amides is 3. The SMILES string of the molecule is C=C[C@@H]1C[C@]1(CC(=O)[C@@H]1C[C@@]2(CN1C(=O)[C@@H](CC(=O)[C@@H](NC(=O)[C@H]1CCCCN1C(C)C)C1CCCCC1)C(C)(C)C)C(C)(C)C21CCC1)C(=O)NS(=O)(=O)N(CC)CC. The minimum Gasteiger partial charge on any atom is -0.345 e. The summed E-state index contributed by atoms with van der Waals surface area (Å²) in [6.07, 6.45) is 12.9. The van der Waals surface area contributed by atoms with Crippen LogP contribution < -0.4 is 10.0 Å². The van der Waals surface area contributed by atoms with Gasteiger partial charge in [-0.05, 0) is 99.8 Å². The van der Waals surface area contributed by atoms with Gasteiger partial charge in [-0.3, -0.25) is 28.9 Å². The van der Waals surface area contributed by atoms with Crippen molar-refractivity contribution in [3.05, 3.63) is 12.7 Å². The minimum absolute atomic E-state index is 0.00126. The normalized spacial score (nSPS) is 31.1. The average molecular weight is 856 g/mol. The maximum atomic E-state index is 15.4. The van der Waals surface area contributed by atoms with Crippen molar-refractivity contribution in [3.63, 3.8) is 0 Å². The third-order valence-electron chi connectivity index (χ3n) is 17.1. The molecule has 4 aliphatic carbocycles. The van der Waals surface area contributed by atoms with Crippen molar-refractivity contribution in [1.82, 2.24) is 24.1 Å². The number of nitrogens with zero attached hydrogens (tertiary/aromatic N) is 3. The molecule has 0 aromatic heterocycles. The van der Waals surface area contributed by atoms with E-state index in [1.165, 1.54) is 4.31 Å². The molecule has 2 aliphatic heterocycles. The van der Waals surface area contributed by atoms with Crippen LogP contribution in [0.4, 0.5) is 0 Å². The first kappa shape index (κ1) is 46.9. The van der Waals surface area contributed by atoms with Gasteiger partial charge < -0.3 is 10.2 Å². The van der Waals surface area contributed by atoms with Gasteiger partial charge in [0.05, 0.1) is 23.5 Å². The number of allylic oxidation sites excluding steroid dienone is 1. The van der Waals surface area contributed by atoms with E-state index in [2.05, 4.69) is 49.2 Å². The van der Waals surface area contributed by atoms with Gasteiger partial charge in [0.25, 0.3) is 0 Å². The van der Waals surface area contributed by atoms with Crippen molar-refractivity contribution in [2.75, 3.05) is 26.2 Å². The monoisotopic (exact) mass is 856 g/mol. The lowest BCUT2D eigenvalue weighted by molar-refractivity contribution is -0.147. The van der Waals surface area contributed by atoms with Gasteiger partial charge in [0.15, 0.2) is 11.6 Å². The molecule has 6 fully saturated rings. The number of piperidine rings is 1. The Labute approximate surface area is 361 Å². The number of hydrogen-bond donors (Lipinski definition) is 2. The summed E-state index contributed by atoms with van der Waals surface area (Å²) in [6.45, 7) is 23.6. The fraction of sp³-hybridized carbons (Fsp3) is 0.851. The van der Waals surface area contributed by atoms with Gasteiger partial charge in [-0.1, -0.05) is 86.6 Å². The molecule has 60 heavy (non-hydrogen) atoms. The summed E-state index contributed by atoms with van der Waals surface area (Å²) in [5, 5.41) is 3.28. The van der Waals surface area contributed by atoms with Crippen LogP contribution in [0.1, 0.15) is 159 Å². The molecule has 6 rings (SSSR count). The quantitative estimate of drug-likeness (QED) is 0.156. The molecular formula is C47H77N5O7S. The Bertz CT molecular complexity index is 1790. The highest BCUT2D eigenvalue weighted by Gasteiger charge is 2.85. The number of likely N-dealkylation sites (tertiary alicyclic amines) is 2.